The average molecular weight is 382 g/mol. The van der Waals surface area contributed by atoms with Crippen molar-refractivity contribution in [1.29, 1.82) is 0 Å². The molecule has 4 nitrogen and oxygen atoms in total. The van der Waals surface area contributed by atoms with Crippen LogP contribution < -0.4 is 9.47 Å². The van der Waals surface area contributed by atoms with Gasteiger partial charge in [0.1, 0.15) is 23.9 Å². The Kier molecular flexibility index (Phi) is 4.60. The van der Waals surface area contributed by atoms with Gasteiger partial charge in [-0.25, -0.2) is 4.39 Å². The van der Waals surface area contributed by atoms with Gasteiger partial charge in [-0.2, -0.15) is 0 Å². The van der Waals surface area contributed by atoms with E-state index in [0.717, 1.165) is 5.56 Å². The van der Waals surface area contributed by atoms with E-state index < -0.39 is 5.82 Å². The molecular weight excluding hydrogens is 369 g/mol. The summed E-state index contributed by atoms with van der Waals surface area (Å²) in [6, 6.07) is 12.7. The lowest BCUT2D eigenvalue weighted by Gasteiger charge is -2.08. The molecule has 27 heavy (non-hydrogen) atoms. The highest BCUT2D eigenvalue weighted by molar-refractivity contribution is 6.31. The predicted octanol–water partition coefficient (Wildman–Crippen LogP) is 5.07. The molecule has 1 aromatic heterocycles. The molecule has 2 heterocycles. The van der Waals surface area contributed by atoms with Gasteiger partial charge in [-0.1, -0.05) is 23.7 Å². The first kappa shape index (κ1) is 17.2. The van der Waals surface area contributed by atoms with Crippen LogP contribution >= 0.6 is 11.6 Å². The van der Waals surface area contributed by atoms with Gasteiger partial charge in [0.05, 0.1) is 10.6 Å². The summed E-state index contributed by atoms with van der Waals surface area (Å²) >= 11 is 6.00. The number of benzene rings is 2. The van der Waals surface area contributed by atoms with Crippen LogP contribution in [0.5, 0.6) is 11.5 Å². The van der Waals surface area contributed by atoms with E-state index in [1.807, 2.05) is 6.07 Å². The van der Waals surface area contributed by atoms with E-state index in [2.05, 4.69) is 4.98 Å². The third kappa shape index (κ3) is 3.68. The van der Waals surface area contributed by atoms with Crippen molar-refractivity contribution in [2.24, 2.45) is 0 Å². The Bertz CT molecular complexity index is 1050. The fraction of sp³-hybridized carbons (Fsp3) is 0.0476. The zero-order chi connectivity index (χ0) is 18.8. The van der Waals surface area contributed by atoms with Gasteiger partial charge in [-0.05, 0) is 42.0 Å². The molecule has 0 amide bonds. The standard InChI is InChI=1S/C21H13ClFNO3/c22-18-9-15(23)4-3-14(18)12-26-16-5-6-17-19(10-16)27-20(21(17)25)8-13-2-1-7-24-11-13/h1-11H,12H2/b20-8-. The highest BCUT2D eigenvalue weighted by Gasteiger charge is 2.27. The molecule has 0 bridgehead atoms. The van der Waals surface area contributed by atoms with Gasteiger partial charge in [0.15, 0.2) is 5.76 Å². The van der Waals surface area contributed by atoms with Gasteiger partial charge in [0, 0.05) is 24.0 Å². The van der Waals surface area contributed by atoms with E-state index in [1.165, 1.54) is 12.1 Å². The lowest BCUT2D eigenvalue weighted by atomic mass is 10.1. The number of hydrogen-bond acceptors (Lipinski definition) is 4. The quantitative estimate of drug-likeness (QED) is 0.592. The first-order valence-electron chi connectivity index (χ1n) is 8.15. The zero-order valence-electron chi connectivity index (χ0n) is 14.0. The number of carbonyl (C=O) groups is 1. The number of ketones is 1. The normalized spacial score (nSPS) is 14.1. The van der Waals surface area contributed by atoms with Gasteiger partial charge in [-0.15, -0.1) is 0 Å². The largest absolute Gasteiger partial charge is 0.489 e. The second-order valence-corrected chi connectivity index (χ2v) is 6.32. The van der Waals surface area contributed by atoms with Crippen molar-refractivity contribution in [1.82, 2.24) is 4.98 Å². The van der Waals surface area contributed by atoms with Crippen molar-refractivity contribution in [3.63, 3.8) is 0 Å². The van der Waals surface area contributed by atoms with E-state index in [0.29, 0.717) is 27.6 Å². The summed E-state index contributed by atoms with van der Waals surface area (Å²) in [5, 5.41) is 0.296. The van der Waals surface area contributed by atoms with Gasteiger partial charge < -0.3 is 9.47 Å². The third-order valence-electron chi connectivity index (χ3n) is 4.03. The molecule has 0 saturated carbocycles. The van der Waals surface area contributed by atoms with Crippen LogP contribution in [0.2, 0.25) is 5.02 Å². The van der Waals surface area contributed by atoms with Gasteiger partial charge in [0.25, 0.3) is 0 Å². The first-order chi connectivity index (χ1) is 13.1. The molecule has 1 aliphatic rings. The van der Waals surface area contributed by atoms with Crippen molar-refractivity contribution < 1.29 is 18.7 Å². The monoisotopic (exact) mass is 381 g/mol. The molecule has 4 rings (SSSR count). The summed E-state index contributed by atoms with van der Waals surface area (Å²) < 4.78 is 24.5. The molecule has 3 aromatic rings. The number of rotatable bonds is 4. The van der Waals surface area contributed by atoms with Gasteiger partial charge >= 0.3 is 0 Å². The fourth-order valence-corrected chi connectivity index (χ4v) is 2.89. The van der Waals surface area contributed by atoms with E-state index >= 15 is 0 Å². The molecule has 0 saturated heterocycles. The highest BCUT2D eigenvalue weighted by atomic mass is 35.5. The topological polar surface area (TPSA) is 48.4 Å². The molecule has 0 radical (unpaired) electrons. The van der Waals surface area contributed by atoms with Crippen molar-refractivity contribution in [2.75, 3.05) is 0 Å². The Hall–Kier alpha value is -3.18. The molecule has 0 spiro atoms. The number of ether oxygens (including phenoxy) is 2. The predicted molar refractivity (Wildman–Crippen MR) is 99.4 cm³/mol. The average Bonchev–Trinajstić information content (AvgIpc) is 2.97. The van der Waals surface area contributed by atoms with E-state index in [1.54, 1.807) is 48.8 Å². The molecular formula is C21H13ClFNO3. The molecule has 134 valence electrons. The second kappa shape index (κ2) is 7.21. The minimum Gasteiger partial charge on any atom is -0.489 e. The van der Waals surface area contributed by atoms with Gasteiger partial charge in [0.2, 0.25) is 5.78 Å². The maximum atomic E-state index is 13.1. The maximum Gasteiger partial charge on any atom is 0.231 e. The van der Waals surface area contributed by atoms with Crippen LogP contribution in [0.25, 0.3) is 6.08 Å². The van der Waals surface area contributed by atoms with Gasteiger partial charge in [-0.3, -0.25) is 9.78 Å². The zero-order valence-corrected chi connectivity index (χ0v) is 14.7. The minimum absolute atomic E-state index is 0.171. The molecule has 0 atom stereocenters. The molecule has 0 aliphatic carbocycles. The Morgan fingerprint density at radius 3 is 2.85 bits per heavy atom. The van der Waals surface area contributed by atoms with Crippen LogP contribution in [0.4, 0.5) is 4.39 Å². The molecule has 6 heteroatoms. The maximum absolute atomic E-state index is 13.1. The van der Waals surface area contributed by atoms with Crippen LogP contribution in [0.1, 0.15) is 21.5 Å². The number of fused-ring (bicyclic) bond motifs is 1. The summed E-state index contributed by atoms with van der Waals surface area (Å²) in [5.41, 5.74) is 1.90. The smallest absolute Gasteiger partial charge is 0.231 e. The number of nitrogens with zero attached hydrogens (tertiary/aromatic N) is 1. The SMILES string of the molecule is O=C1/C(=C/c2cccnc2)Oc2cc(OCc3ccc(F)cc3Cl)ccc21. The van der Waals surface area contributed by atoms with Crippen molar-refractivity contribution >= 4 is 23.5 Å². The third-order valence-corrected chi connectivity index (χ3v) is 4.38. The van der Waals surface area contributed by atoms with Crippen LogP contribution in [0.15, 0.2) is 66.7 Å². The Morgan fingerprint density at radius 2 is 2.07 bits per heavy atom. The molecule has 0 N–H and O–H groups in total. The van der Waals surface area contributed by atoms with Crippen molar-refractivity contribution in [2.45, 2.75) is 6.61 Å². The number of allylic oxidation sites excluding steroid dienone is 1. The Labute approximate surface area is 159 Å². The summed E-state index contributed by atoms with van der Waals surface area (Å²) in [5.74, 6) is 0.585. The van der Waals surface area contributed by atoms with E-state index in [4.69, 9.17) is 21.1 Å². The lowest BCUT2D eigenvalue weighted by molar-refractivity contribution is 0.101. The Balaban J connectivity index is 1.51. The number of Topliss-reactive ketones (excluding diaryl/α,β-unsaturated/α-hetero) is 1. The molecule has 1 aliphatic heterocycles. The first-order valence-corrected chi connectivity index (χ1v) is 8.53. The van der Waals surface area contributed by atoms with Crippen molar-refractivity contribution in [3.8, 4) is 11.5 Å². The number of pyridine rings is 1. The Morgan fingerprint density at radius 1 is 1.19 bits per heavy atom. The summed E-state index contributed by atoms with van der Waals surface area (Å²) in [4.78, 5) is 16.5. The van der Waals surface area contributed by atoms with E-state index in [-0.39, 0.29) is 18.1 Å². The highest BCUT2D eigenvalue weighted by Crippen LogP contribution is 2.35. The molecule has 0 unspecified atom stereocenters. The number of hydrogen-bond donors (Lipinski definition) is 0. The lowest BCUT2D eigenvalue weighted by Crippen LogP contribution is -1.98. The summed E-state index contributed by atoms with van der Waals surface area (Å²) in [7, 11) is 0. The number of aromatic nitrogens is 1. The second-order valence-electron chi connectivity index (χ2n) is 5.91. The minimum atomic E-state index is -0.402. The van der Waals surface area contributed by atoms with Crippen LogP contribution in [-0.4, -0.2) is 10.8 Å². The molecule has 2 aromatic carbocycles. The van der Waals surface area contributed by atoms with Crippen molar-refractivity contribution in [3.05, 3.63) is 94.2 Å². The summed E-state index contributed by atoms with van der Waals surface area (Å²) in [6.07, 6.45) is 4.95. The molecule has 0 fully saturated rings. The van der Waals surface area contributed by atoms with E-state index in [9.17, 15) is 9.18 Å². The van der Waals surface area contributed by atoms with Crippen LogP contribution in [0.3, 0.4) is 0 Å². The van der Waals surface area contributed by atoms with Crippen LogP contribution in [0, 0.1) is 5.82 Å². The number of carbonyl (C=O) groups excluding carboxylic acids is 1. The summed E-state index contributed by atoms with van der Waals surface area (Å²) in [6.45, 7) is 0.171. The number of halogens is 2. The fourth-order valence-electron chi connectivity index (χ4n) is 2.67. The van der Waals surface area contributed by atoms with Crippen LogP contribution in [-0.2, 0) is 6.61 Å².